The van der Waals surface area contributed by atoms with Gasteiger partial charge >= 0.3 is 0 Å². The van der Waals surface area contributed by atoms with Gasteiger partial charge in [0.05, 0.1) is 17.2 Å². The van der Waals surface area contributed by atoms with E-state index in [2.05, 4.69) is 23.9 Å². The van der Waals surface area contributed by atoms with Crippen LogP contribution in [-0.4, -0.2) is 25.0 Å². The van der Waals surface area contributed by atoms with E-state index in [1.54, 1.807) is 0 Å². The number of hydrogen-bond donors (Lipinski definition) is 5. The molecule has 0 unspecified atom stereocenters. The molecule has 1 aromatic carbocycles. The molecule has 7 nitrogen and oxygen atoms in total. The molecule has 8 N–H and O–H groups in total. The third-order valence-corrected chi connectivity index (χ3v) is 4.22. The van der Waals surface area contributed by atoms with Gasteiger partial charge in [-0.15, -0.1) is 0 Å². The Morgan fingerprint density at radius 3 is 2.55 bits per heavy atom. The van der Waals surface area contributed by atoms with E-state index in [1.165, 1.54) is 6.07 Å². The molecule has 1 atom stereocenters. The summed E-state index contributed by atoms with van der Waals surface area (Å²) < 4.78 is 48.3. The molecule has 1 aromatic rings. The number of rotatable bonds is 10. The van der Waals surface area contributed by atoms with E-state index < -0.39 is 35.4 Å². The SMILES string of the molecule is C=C(N)COCC(F)(F)[C@](C)(N)c1cc(NC(=O)C(=C)/C(Cl)=C\NN)ccc1F. The number of halogens is 4. The van der Waals surface area contributed by atoms with Crippen molar-refractivity contribution in [3.63, 3.8) is 0 Å². The first-order chi connectivity index (χ1) is 13.3. The Balaban J connectivity index is 3.11. The zero-order valence-electron chi connectivity index (χ0n) is 15.7. The molecule has 0 saturated heterocycles. The van der Waals surface area contributed by atoms with Gasteiger partial charge in [0.1, 0.15) is 18.0 Å². The van der Waals surface area contributed by atoms with Crippen molar-refractivity contribution >= 4 is 23.2 Å². The molecule has 0 aliphatic carbocycles. The normalized spacial score (nSPS) is 14.1. The molecule has 1 amide bonds. The summed E-state index contributed by atoms with van der Waals surface area (Å²) in [7, 11) is 0. The van der Waals surface area contributed by atoms with E-state index in [9.17, 15) is 18.0 Å². The maximum Gasteiger partial charge on any atom is 0.292 e. The number of benzene rings is 1. The van der Waals surface area contributed by atoms with Gasteiger partial charge in [0, 0.05) is 23.1 Å². The van der Waals surface area contributed by atoms with Crippen LogP contribution in [0.15, 0.2) is 53.9 Å². The van der Waals surface area contributed by atoms with Crippen molar-refractivity contribution in [1.82, 2.24) is 5.43 Å². The summed E-state index contributed by atoms with van der Waals surface area (Å²) in [5.74, 6) is -0.350. The van der Waals surface area contributed by atoms with Crippen molar-refractivity contribution in [3.05, 3.63) is 65.2 Å². The van der Waals surface area contributed by atoms with E-state index >= 15 is 0 Å². The fourth-order valence-corrected chi connectivity index (χ4v) is 2.28. The van der Waals surface area contributed by atoms with Crippen LogP contribution in [0.25, 0.3) is 0 Å². The maximum absolute atomic E-state index is 14.6. The third-order valence-electron chi connectivity index (χ3n) is 3.89. The molecule has 0 spiro atoms. The van der Waals surface area contributed by atoms with Gasteiger partial charge < -0.3 is 26.9 Å². The fraction of sp³-hybridized carbons (Fsp3) is 0.278. The minimum atomic E-state index is -3.67. The second-order valence-electron chi connectivity index (χ2n) is 6.34. The molecule has 11 heteroatoms. The van der Waals surface area contributed by atoms with Crippen LogP contribution in [0, 0.1) is 5.82 Å². The van der Waals surface area contributed by atoms with Crippen LogP contribution >= 0.6 is 11.6 Å². The average molecular weight is 434 g/mol. The van der Waals surface area contributed by atoms with Crippen molar-refractivity contribution in [1.29, 1.82) is 0 Å². The molecule has 1 rings (SSSR count). The highest BCUT2D eigenvalue weighted by Crippen LogP contribution is 2.38. The molecule has 0 radical (unpaired) electrons. The number of hydrazine groups is 1. The number of hydrogen-bond acceptors (Lipinski definition) is 6. The minimum Gasteiger partial charge on any atom is -0.401 e. The van der Waals surface area contributed by atoms with E-state index in [-0.39, 0.29) is 28.6 Å². The quantitative estimate of drug-likeness (QED) is 0.166. The van der Waals surface area contributed by atoms with E-state index in [0.717, 1.165) is 25.3 Å². The van der Waals surface area contributed by atoms with Crippen LogP contribution in [0.4, 0.5) is 18.9 Å². The Hall–Kier alpha value is -2.53. The largest absolute Gasteiger partial charge is 0.401 e. The Morgan fingerprint density at radius 1 is 1.38 bits per heavy atom. The lowest BCUT2D eigenvalue weighted by Gasteiger charge is -2.34. The Labute approximate surface area is 171 Å². The van der Waals surface area contributed by atoms with Crippen LogP contribution in [0.5, 0.6) is 0 Å². The lowest BCUT2D eigenvalue weighted by molar-refractivity contribution is -0.124. The van der Waals surface area contributed by atoms with Crippen LogP contribution < -0.4 is 28.1 Å². The topological polar surface area (TPSA) is 128 Å². The number of nitrogens with one attached hydrogen (secondary N) is 2. The van der Waals surface area contributed by atoms with Crippen molar-refractivity contribution in [3.8, 4) is 0 Å². The predicted molar refractivity (Wildman–Crippen MR) is 106 cm³/mol. The monoisotopic (exact) mass is 433 g/mol. The Kier molecular flexibility index (Phi) is 8.27. The van der Waals surface area contributed by atoms with Crippen molar-refractivity contribution in [2.45, 2.75) is 18.4 Å². The van der Waals surface area contributed by atoms with E-state index in [0.29, 0.717) is 0 Å². The Bertz CT molecular complexity index is 828. The number of alkyl halides is 2. The molecule has 0 fully saturated rings. The van der Waals surface area contributed by atoms with Crippen molar-refractivity contribution in [2.24, 2.45) is 17.3 Å². The van der Waals surface area contributed by atoms with Crippen LogP contribution in [0.2, 0.25) is 0 Å². The number of amides is 1. The molecular weight excluding hydrogens is 411 g/mol. The predicted octanol–water partition coefficient (Wildman–Crippen LogP) is 2.16. The highest BCUT2D eigenvalue weighted by Gasteiger charge is 2.50. The first-order valence-corrected chi connectivity index (χ1v) is 8.51. The minimum absolute atomic E-state index is 0.00135. The highest BCUT2D eigenvalue weighted by atomic mass is 35.5. The summed E-state index contributed by atoms with van der Waals surface area (Å²) in [5, 5.41) is 2.29. The summed E-state index contributed by atoms with van der Waals surface area (Å²) >= 11 is 5.80. The fourth-order valence-electron chi connectivity index (χ4n) is 2.13. The lowest BCUT2D eigenvalue weighted by Crippen LogP contribution is -2.53. The van der Waals surface area contributed by atoms with Gasteiger partial charge in [0.2, 0.25) is 0 Å². The van der Waals surface area contributed by atoms with Gasteiger partial charge in [-0.2, -0.15) is 0 Å². The summed E-state index contributed by atoms with van der Waals surface area (Å²) in [6.07, 6.45) is 1.12. The third kappa shape index (κ3) is 6.23. The molecule has 0 saturated carbocycles. The number of carbonyl (C=O) groups is 1. The molecule has 0 bridgehead atoms. The van der Waals surface area contributed by atoms with Crippen LogP contribution in [0.1, 0.15) is 12.5 Å². The van der Waals surface area contributed by atoms with Crippen LogP contribution in [-0.2, 0) is 15.1 Å². The number of anilines is 1. The van der Waals surface area contributed by atoms with Gasteiger partial charge in [0.25, 0.3) is 11.8 Å². The average Bonchev–Trinajstić information content (AvgIpc) is 2.61. The zero-order chi connectivity index (χ0) is 22.4. The maximum atomic E-state index is 14.6. The van der Waals surface area contributed by atoms with Gasteiger partial charge in [-0.05, 0) is 25.1 Å². The summed E-state index contributed by atoms with van der Waals surface area (Å²) in [4.78, 5) is 12.2. The molecule has 0 aromatic heterocycles. The standard InChI is InChI=1S/C18H23ClF3N5O2/c1-10(23)8-29-9-18(21,22)17(3,24)13-6-12(4-5-15(13)20)27-16(28)11(2)14(19)7-26-25/h4-7,26H,1-2,8-9,23-25H2,3H3,(H,27,28)/b14-7+/t17-/m1/s1. The van der Waals surface area contributed by atoms with Gasteiger partial charge in [0.15, 0.2) is 0 Å². The highest BCUT2D eigenvalue weighted by molar-refractivity contribution is 6.35. The molecule has 0 aliphatic rings. The van der Waals surface area contributed by atoms with Crippen molar-refractivity contribution < 1.29 is 22.7 Å². The second-order valence-corrected chi connectivity index (χ2v) is 6.75. The smallest absolute Gasteiger partial charge is 0.292 e. The molecule has 29 heavy (non-hydrogen) atoms. The number of ether oxygens (including phenoxy) is 1. The van der Waals surface area contributed by atoms with Gasteiger partial charge in [-0.25, -0.2) is 13.2 Å². The summed E-state index contributed by atoms with van der Waals surface area (Å²) in [5.41, 5.74) is 10.1. The Morgan fingerprint density at radius 2 is 2.00 bits per heavy atom. The van der Waals surface area contributed by atoms with Crippen molar-refractivity contribution in [2.75, 3.05) is 18.5 Å². The lowest BCUT2D eigenvalue weighted by atomic mass is 9.86. The molecule has 0 aliphatic heterocycles. The molecule has 0 heterocycles. The van der Waals surface area contributed by atoms with Gasteiger partial charge in [-0.3, -0.25) is 10.6 Å². The molecule has 160 valence electrons. The number of carbonyl (C=O) groups excluding carboxylic acids is 1. The summed E-state index contributed by atoms with van der Waals surface area (Å²) in [6, 6.07) is 3.07. The van der Waals surface area contributed by atoms with E-state index in [1.807, 2.05) is 0 Å². The summed E-state index contributed by atoms with van der Waals surface area (Å²) in [6.45, 7) is 6.34. The van der Waals surface area contributed by atoms with E-state index in [4.69, 9.17) is 33.6 Å². The second kappa shape index (κ2) is 9.79. The van der Waals surface area contributed by atoms with Crippen LogP contribution in [0.3, 0.4) is 0 Å². The first-order valence-electron chi connectivity index (χ1n) is 8.13. The van der Waals surface area contributed by atoms with Gasteiger partial charge in [-0.1, -0.05) is 24.8 Å². The zero-order valence-corrected chi connectivity index (χ0v) is 16.5. The molecular formula is C18H23ClF3N5O2. The number of nitrogens with two attached hydrogens (primary N) is 3. The first kappa shape index (κ1) is 24.5.